The van der Waals surface area contributed by atoms with Gasteiger partial charge in [0.2, 0.25) is 0 Å². The van der Waals surface area contributed by atoms with Gasteiger partial charge in [0.15, 0.2) is 0 Å². The van der Waals surface area contributed by atoms with Crippen LogP contribution in [0, 0.1) is 11.8 Å². The van der Waals surface area contributed by atoms with Gasteiger partial charge in [-0.3, -0.25) is 0 Å². The Morgan fingerprint density at radius 1 is 0.562 bits per heavy atom. The molecule has 4 rings (SSSR count). The van der Waals surface area contributed by atoms with Gasteiger partial charge in [-0.15, -0.1) is 0 Å². The van der Waals surface area contributed by atoms with Crippen molar-refractivity contribution < 1.29 is 0 Å². The van der Waals surface area contributed by atoms with Crippen molar-refractivity contribution >= 4 is 0 Å². The topological polar surface area (TPSA) is 0 Å². The monoisotopic (exact) mass is 414 g/mol. The highest BCUT2D eigenvalue weighted by Crippen LogP contribution is 2.34. The highest BCUT2D eigenvalue weighted by atomic mass is 14.2. The van der Waals surface area contributed by atoms with Gasteiger partial charge in [0.25, 0.3) is 0 Å². The number of benzene rings is 4. The number of unbranched alkanes of at least 4 members (excludes halogenated alkanes) is 3. The van der Waals surface area contributed by atoms with Gasteiger partial charge in [-0.25, -0.2) is 0 Å². The van der Waals surface area contributed by atoms with Crippen molar-refractivity contribution in [1.82, 2.24) is 0 Å². The van der Waals surface area contributed by atoms with Gasteiger partial charge in [0.05, 0.1) is 0 Å². The zero-order valence-corrected chi connectivity index (χ0v) is 18.9. The zero-order chi connectivity index (χ0) is 22.0. The predicted molar refractivity (Wildman–Crippen MR) is 138 cm³/mol. The van der Waals surface area contributed by atoms with Gasteiger partial charge < -0.3 is 0 Å². The first-order valence-corrected chi connectivity index (χ1v) is 11.7. The molecule has 0 bridgehead atoms. The van der Waals surface area contributed by atoms with Crippen molar-refractivity contribution in [3.8, 4) is 34.1 Å². The van der Waals surface area contributed by atoms with Crippen molar-refractivity contribution in [2.45, 2.75) is 39.0 Å². The highest BCUT2D eigenvalue weighted by Gasteiger charge is 2.13. The molecule has 0 saturated heterocycles. The maximum Gasteiger partial charge on any atom is 0.0406 e. The molecule has 0 spiro atoms. The normalized spacial score (nSPS) is 10.4. The van der Waals surface area contributed by atoms with Crippen LogP contribution >= 0.6 is 0 Å². The van der Waals surface area contributed by atoms with Gasteiger partial charge in [0, 0.05) is 11.1 Å². The van der Waals surface area contributed by atoms with E-state index in [4.69, 9.17) is 0 Å². The van der Waals surface area contributed by atoms with Crippen LogP contribution in [0.25, 0.3) is 22.3 Å². The Balaban J connectivity index is 1.87. The van der Waals surface area contributed by atoms with Gasteiger partial charge >= 0.3 is 0 Å². The lowest BCUT2D eigenvalue weighted by molar-refractivity contribution is 0.667. The second kappa shape index (κ2) is 11.2. The van der Waals surface area contributed by atoms with E-state index in [0.717, 1.165) is 17.5 Å². The van der Waals surface area contributed by atoms with Gasteiger partial charge in [-0.05, 0) is 64.9 Å². The SMILES string of the molecule is CCCCCCc1cc(-c2ccccc2)c(C#Cc2ccccc2)c(-c2ccccc2)c1. The summed E-state index contributed by atoms with van der Waals surface area (Å²) in [6, 6.07) is 36.3. The lowest BCUT2D eigenvalue weighted by Gasteiger charge is -2.15. The Bertz CT molecular complexity index is 1120. The molecule has 0 aliphatic carbocycles. The minimum absolute atomic E-state index is 1.04. The summed E-state index contributed by atoms with van der Waals surface area (Å²) in [4.78, 5) is 0. The van der Waals surface area contributed by atoms with E-state index < -0.39 is 0 Å². The summed E-state index contributed by atoms with van der Waals surface area (Å²) in [6.07, 6.45) is 6.18. The summed E-state index contributed by atoms with van der Waals surface area (Å²) in [5.74, 6) is 6.96. The first kappa shape index (κ1) is 21.7. The molecule has 0 aromatic heterocycles. The van der Waals surface area contributed by atoms with Crippen molar-refractivity contribution in [3.63, 3.8) is 0 Å². The summed E-state index contributed by atoms with van der Waals surface area (Å²) in [5, 5.41) is 0. The molecular formula is C32H30. The number of hydrogen-bond acceptors (Lipinski definition) is 0. The number of hydrogen-bond donors (Lipinski definition) is 0. The molecule has 0 heteroatoms. The Morgan fingerprint density at radius 2 is 1.09 bits per heavy atom. The quantitative estimate of drug-likeness (QED) is 0.210. The van der Waals surface area contributed by atoms with E-state index in [9.17, 15) is 0 Å². The second-order valence-electron chi connectivity index (χ2n) is 8.22. The maximum absolute atomic E-state index is 3.55. The number of rotatable bonds is 7. The third-order valence-electron chi connectivity index (χ3n) is 5.79. The predicted octanol–water partition coefficient (Wildman–Crippen LogP) is 8.54. The lowest BCUT2D eigenvalue weighted by atomic mass is 9.88. The van der Waals surface area contributed by atoms with Gasteiger partial charge in [0.1, 0.15) is 0 Å². The van der Waals surface area contributed by atoms with Crippen molar-refractivity contribution in [3.05, 3.63) is 120 Å². The molecule has 0 heterocycles. The Labute approximate surface area is 193 Å². The average molecular weight is 415 g/mol. The fraction of sp³-hybridized carbons (Fsp3) is 0.188. The van der Waals surface area contributed by atoms with Crippen LogP contribution in [0.5, 0.6) is 0 Å². The summed E-state index contributed by atoms with van der Waals surface area (Å²) in [6.45, 7) is 2.27. The third-order valence-corrected chi connectivity index (χ3v) is 5.79. The second-order valence-corrected chi connectivity index (χ2v) is 8.22. The van der Waals surface area contributed by atoms with Crippen molar-refractivity contribution in [2.75, 3.05) is 0 Å². The molecule has 0 aliphatic rings. The molecule has 0 N–H and O–H groups in total. The van der Waals surface area contributed by atoms with Crippen LogP contribution in [0.4, 0.5) is 0 Å². The average Bonchev–Trinajstić information content (AvgIpc) is 2.87. The Morgan fingerprint density at radius 3 is 1.62 bits per heavy atom. The van der Waals surface area contributed by atoms with Gasteiger partial charge in [-0.1, -0.05) is 117 Å². The molecule has 0 nitrogen and oxygen atoms in total. The zero-order valence-electron chi connectivity index (χ0n) is 18.9. The smallest absolute Gasteiger partial charge is 0.0406 e. The van der Waals surface area contributed by atoms with Crippen LogP contribution < -0.4 is 0 Å². The lowest BCUT2D eigenvalue weighted by Crippen LogP contribution is -1.95. The first-order chi connectivity index (χ1) is 15.8. The summed E-state index contributed by atoms with van der Waals surface area (Å²) < 4.78 is 0. The Kier molecular flexibility index (Phi) is 7.56. The van der Waals surface area contributed by atoms with Crippen LogP contribution in [-0.2, 0) is 6.42 Å². The van der Waals surface area contributed by atoms with Crippen LogP contribution in [-0.4, -0.2) is 0 Å². The maximum atomic E-state index is 3.55. The molecule has 0 aliphatic heterocycles. The molecule has 4 aromatic carbocycles. The van der Waals surface area contributed by atoms with Crippen LogP contribution in [0.3, 0.4) is 0 Å². The molecule has 0 amide bonds. The molecular weight excluding hydrogens is 384 g/mol. The fourth-order valence-corrected chi connectivity index (χ4v) is 4.08. The molecule has 0 fully saturated rings. The molecule has 4 aromatic rings. The van der Waals surface area contributed by atoms with Crippen molar-refractivity contribution in [2.24, 2.45) is 0 Å². The van der Waals surface area contributed by atoms with E-state index in [1.54, 1.807) is 0 Å². The molecule has 0 saturated carbocycles. The molecule has 0 radical (unpaired) electrons. The fourth-order valence-electron chi connectivity index (χ4n) is 4.08. The van der Waals surface area contributed by atoms with E-state index in [1.165, 1.54) is 53.5 Å². The van der Waals surface area contributed by atoms with Crippen molar-refractivity contribution in [1.29, 1.82) is 0 Å². The highest BCUT2D eigenvalue weighted by molar-refractivity contribution is 5.83. The summed E-state index contributed by atoms with van der Waals surface area (Å²) >= 11 is 0. The summed E-state index contributed by atoms with van der Waals surface area (Å²) in [7, 11) is 0. The van der Waals surface area contributed by atoms with E-state index >= 15 is 0 Å². The first-order valence-electron chi connectivity index (χ1n) is 11.7. The molecule has 158 valence electrons. The van der Waals surface area contributed by atoms with E-state index in [-0.39, 0.29) is 0 Å². The van der Waals surface area contributed by atoms with Crippen LogP contribution in [0.2, 0.25) is 0 Å². The minimum Gasteiger partial charge on any atom is -0.0654 e. The summed E-state index contributed by atoms with van der Waals surface area (Å²) in [5.41, 5.74) is 8.42. The standard InChI is InChI=1S/C32H30/c1-2-3-4-8-17-27-24-31(28-18-11-6-12-19-28)30(23-22-26-15-9-5-10-16-26)32(25-27)29-20-13-7-14-21-29/h5-7,9-16,18-21,24-25H,2-4,8,17H2,1H3. The molecule has 32 heavy (non-hydrogen) atoms. The molecule has 0 unspecified atom stereocenters. The largest absolute Gasteiger partial charge is 0.0654 e. The van der Waals surface area contributed by atoms with Crippen LogP contribution in [0.15, 0.2) is 103 Å². The Hall–Kier alpha value is -3.56. The van der Waals surface area contributed by atoms with E-state index in [0.29, 0.717) is 0 Å². The third kappa shape index (κ3) is 5.57. The number of aryl methyl sites for hydroxylation is 1. The molecule has 0 atom stereocenters. The van der Waals surface area contributed by atoms with E-state index in [1.807, 2.05) is 18.2 Å². The van der Waals surface area contributed by atoms with Gasteiger partial charge in [-0.2, -0.15) is 0 Å². The van der Waals surface area contributed by atoms with E-state index in [2.05, 4.69) is 104 Å². The minimum atomic E-state index is 1.04. The van der Waals surface area contributed by atoms with Crippen LogP contribution in [0.1, 0.15) is 49.3 Å².